The van der Waals surface area contributed by atoms with Crippen LogP contribution in [-0.4, -0.2) is 41.4 Å². The molecule has 3 heterocycles. The molecule has 2 amide bonds. The quantitative estimate of drug-likeness (QED) is 0.583. The number of nitrogens with one attached hydrogen (secondary N) is 1. The Kier molecular flexibility index (Phi) is 6.24. The minimum absolute atomic E-state index is 0.0762. The topological polar surface area (TPSA) is 72.9 Å². The first-order chi connectivity index (χ1) is 16.1. The van der Waals surface area contributed by atoms with Crippen molar-refractivity contribution in [3.05, 3.63) is 78.6 Å². The monoisotopic (exact) mass is 445 g/mol. The number of urea groups is 1. The summed E-state index contributed by atoms with van der Waals surface area (Å²) >= 11 is 0. The number of anilines is 1. The highest BCUT2D eigenvalue weighted by molar-refractivity contribution is 5.89. The van der Waals surface area contributed by atoms with Crippen molar-refractivity contribution in [1.82, 2.24) is 9.88 Å². The van der Waals surface area contributed by atoms with Gasteiger partial charge in [-0.3, -0.25) is 4.98 Å². The molecule has 0 atom stereocenters. The van der Waals surface area contributed by atoms with Gasteiger partial charge in [-0.2, -0.15) is 0 Å². The first-order valence-corrected chi connectivity index (χ1v) is 11.3. The van der Waals surface area contributed by atoms with Gasteiger partial charge in [-0.15, -0.1) is 0 Å². The average molecular weight is 446 g/mol. The predicted molar refractivity (Wildman–Crippen MR) is 125 cm³/mol. The molecular formula is C26H27N3O4. The Hall–Kier alpha value is -3.42. The minimum Gasteiger partial charge on any atom is -0.490 e. The van der Waals surface area contributed by atoms with Crippen molar-refractivity contribution in [2.24, 2.45) is 0 Å². The highest BCUT2D eigenvalue weighted by Crippen LogP contribution is 2.34. The zero-order valence-corrected chi connectivity index (χ0v) is 18.5. The fourth-order valence-electron chi connectivity index (χ4n) is 4.14. The maximum absolute atomic E-state index is 12.5. The number of piperidine rings is 1. The normalized spacial score (nSPS) is 20.7. The molecule has 170 valence electrons. The third kappa shape index (κ3) is 5.16. The lowest BCUT2D eigenvalue weighted by Gasteiger charge is -2.34. The predicted octanol–water partition coefficient (Wildman–Crippen LogP) is 5.22. The molecule has 7 nitrogen and oxygen atoms in total. The molecule has 0 aliphatic carbocycles. The fraction of sp³-hybridized carbons (Fsp3) is 0.308. The number of likely N-dealkylation sites (tertiary alicyclic amines) is 1. The first-order valence-electron chi connectivity index (χ1n) is 11.3. The molecule has 2 aliphatic rings. The molecule has 0 unspecified atom stereocenters. The Balaban J connectivity index is 1.17. The van der Waals surface area contributed by atoms with Crippen molar-refractivity contribution in [3.63, 3.8) is 0 Å². The van der Waals surface area contributed by atoms with Crippen LogP contribution in [0.5, 0.6) is 5.75 Å². The van der Waals surface area contributed by atoms with Crippen molar-refractivity contribution < 1.29 is 19.0 Å². The van der Waals surface area contributed by atoms with E-state index in [0.717, 1.165) is 35.3 Å². The Bertz CT molecular complexity index is 1090. The summed E-state index contributed by atoms with van der Waals surface area (Å²) in [5.41, 5.74) is 3.88. The summed E-state index contributed by atoms with van der Waals surface area (Å²) in [6, 6.07) is 19.8. The summed E-state index contributed by atoms with van der Waals surface area (Å²) in [5, 5.41) is 2.89. The van der Waals surface area contributed by atoms with E-state index in [0.29, 0.717) is 18.8 Å². The Morgan fingerprint density at radius 1 is 1.03 bits per heavy atom. The molecule has 7 heteroatoms. The molecule has 1 aromatic heterocycles. The van der Waals surface area contributed by atoms with Gasteiger partial charge in [-0.05, 0) is 48.4 Å². The number of benzene rings is 2. The summed E-state index contributed by atoms with van der Waals surface area (Å²) in [4.78, 5) is 18.3. The van der Waals surface area contributed by atoms with Crippen LogP contribution in [0, 0.1) is 0 Å². The molecule has 33 heavy (non-hydrogen) atoms. The van der Waals surface area contributed by atoms with Crippen LogP contribution in [0.3, 0.4) is 0 Å². The Labute approximate surface area is 193 Å². The molecule has 2 aliphatic heterocycles. The van der Waals surface area contributed by atoms with Gasteiger partial charge in [0.2, 0.25) is 0 Å². The van der Waals surface area contributed by atoms with Crippen LogP contribution in [0.1, 0.15) is 31.6 Å². The second kappa shape index (κ2) is 9.60. The number of carbonyl (C=O) groups excluding carboxylic acids is 1. The SMILES string of the molecule is CC1OC(c2cccc(-c3cccc(OC4CCN(C(=O)Nc5cccnc5)CC4)c3)c2)O1. The van der Waals surface area contributed by atoms with E-state index >= 15 is 0 Å². The highest BCUT2D eigenvalue weighted by atomic mass is 16.9. The van der Waals surface area contributed by atoms with Gasteiger partial charge in [0.15, 0.2) is 12.6 Å². The highest BCUT2D eigenvalue weighted by Gasteiger charge is 2.28. The molecule has 1 N–H and O–H groups in total. The second-order valence-electron chi connectivity index (χ2n) is 8.30. The van der Waals surface area contributed by atoms with Crippen molar-refractivity contribution in [2.75, 3.05) is 18.4 Å². The van der Waals surface area contributed by atoms with Crippen LogP contribution >= 0.6 is 0 Å². The van der Waals surface area contributed by atoms with Gasteiger partial charge >= 0.3 is 6.03 Å². The van der Waals surface area contributed by atoms with E-state index in [1.165, 1.54) is 0 Å². The van der Waals surface area contributed by atoms with Gasteiger partial charge in [0.25, 0.3) is 0 Å². The minimum atomic E-state index is -0.292. The summed E-state index contributed by atoms with van der Waals surface area (Å²) in [7, 11) is 0. The van der Waals surface area contributed by atoms with Crippen molar-refractivity contribution in [1.29, 1.82) is 0 Å². The van der Waals surface area contributed by atoms with Crippen molar-refractivity contribution in [3.8, 4) is 16.9 Å². The van der Waals surface area contributed by atoms with E-state index in [-0.39, 0.29) is 24.7 Å². The largest absolute Gasteiger partial charge is 0.490 e. The van der Waals surface area contributed by atoms with Crippen LogP contribution in [0.25, 0.3) is 11.1 Å². The lowest BCUT2D eigenvalue weighted by Crippen LogP contribution is -2.43. The molecular weight excluding hydrogens is 418 g/mol. The number of nitrogens with zero attached hydrogens (tertiary/aromatic N) is 2. The third-order valence-corrected chi connectivity index (χ3v) is 5.90. The lowest BCUT2D eigenvalue weighted by molar-refractivity contribution is -0.382. The van der Waals surface area contributed by atoms with Crippen LogP contribution < -0.4 is 10.1 Å². The number of rotatable bonds is 5. The van der Waals surface area contributed by atoms with Gasteiger partial charge in [-0.1, -0.05) is 30.3 Å². The molecule has 5 rings (SSSR count). The van der Waals surface area contributed by atoms with Gasteiger partial charge in [-0.25, -0.2) is 4.79 Å². The Morgan fingerprint density at radius 2 is 1.79 bits per heavy atom. The smallest absolute Gasteiger partial charge is 0.321 e. The van der Waals surface area contributed by atoms with Crippen LogP contribution in [0.15, 0.2) is 73.1 Å². The van der Waals surface area contributed by atoms with E-state index in [2.05, 4.69) is 34.6 Å². The number of hydrogen-bond donors (Lipinski definition) is 1. The second-order valence-corrected chi connectivity index (χ2v) is 8.30. The van der Waals surface area contributed by atoms with Gasteiger partial charge in [0, 0.05) is 37.7 Å². The van der Waals surface area contributed by atoms with Gasteiger partial charge in [0.1, 0.15) is 11.9 Å². The molecule has 0 radical (unpaired) electrons. The molecule has 0 spiro atoms. The van der Waals surface area contributed by atoms with E-state index in [9.17, 15) is 4.79 Å². The van der Waals surface area contributed by atoms with E-state index in [4.69, 9.17) is 14.2 Å². The number of amides is 2. The van der Waals surface area contributed by atoms with Crippen LogP contribution in [0.4, 0.5) is 10.5 Å². The first kappa shape index (κ1) is 21.4. The maximum Gasteiger partial charge on any atom is 0.321 e. The fourth-order valence-corrected chi connectivity index (χ4v) is 4.14. The van der Waals surface area contributed by atoms with Gasteiger partial charge < -0.3 is 24.4 Å². The van der Waals surface area contributed by atoms with E-state index in [1.54, 1.807) is 18.5 Å². The van der Waals surface area contributed by atoms with E-state index < -0.39 is 0 Å². The number of pyridine rings is 1. The molecule has 2 aromatic carbocycles. The molecule has 2 fully saturated rings. The Morgan fingerprint density at radius 3 is 2.52 bits per heavy atom. The maximum atomic E-state index is 12.5. The number of hydrogen-bond acceptors (Lipinski definition) is 5. The third-order valence-electron chi connectivity index (χ3n) is 5.90. The molecule has 2 saturated heterocycles. The van der Waals surface area contributed by atoms with Crippen LogP contribution in [0.2, 0.25) is 0 Å². The summed E-state index contributed by atoms with van der Waals surface area (Å²) < 4.78 is 17.5. The number of carbonyl (C=O) groups is 1. The number of ether oxygens (including phenoxy) is 3. The van der Waals surface area contributed by atoms with Crippen LogP contribution in [-0.2, 0) is 9.47 Å². The zero-order chi connectivity index (χ0) is 22.6. The van der Waals surface area contributed by atoms with Gasteiger partial charge in [0.05, 0.1) is 11.9 Å². The van der Waals surface area contributed by atoms with E-state index in [1.807, 2.05) is 42.2 Å². The standard InChI is InChI=1S/C26H27N3O4/c1-18-31-25(32-18)21-7-2-5-19(15-21)20-6-3-9-24(16-20)33-23-10-13-29(14-11-23)26(30)28-22-8-4-12-27-17-22/h2-9,12,15-18,23,25H,10-11,13-14H2,1H3,(H,28,30). The molecule has 3 aromatic rings. The van der Waals surface area contributed by atoms with Crippen molar-refractivity contribution in [2.45, 2.75) is 38.4 Å². The average Bonchev–Trinajstić information content (AvgIpc) is 2.83. The summed E-state index contributed by atoms with van der Waals surface area (Å²) in [6.07, 6.45) is 4.53. The zero-order valence-electron chi connectivity index (χ0n) is 18.5. The lowest BCUT2D eigenvalue weighted by atomic mass is 10.0. The molecule has 0 saturated carbocycles. The number of aromatic nitrogens is 1. The summed E-state index contributed by atoms with van der Waals surface area (Å²) in [6.45, 7) is 3.19. The van der Waals surface area contributed by atoms with Crippen molar-refractivity contribution >= 4 is 11.7 Å². The summed E-state index contributed by atoms with van der Waals surface area (Å²) in [5.74, 6) is 0.834. The molecule has 0 bridgehead atoms.